The van der Waals surface area contributed by atoms with Gasteiger partial charge < -0.3 is 13.8 Å². The Bertz CT molecular complexity index is 1160. The summed E-state index contributed by atoms with van der Waals surface area (Å²) in [5, 5.41) is 4.13. The van der Waals surface area contributed by atoms with Crippen LogP contribution in [0.3, 0.4) is 0 Å². The maximum Gasteiger partial charge on any atom is 0.254 e. The molecular weight excluding hydrogens is 383 g/mol. The van der Waals surface area contributed by atoms with Gasteiger partial charge in [-0.2, -0.15) is 0 Å². The maximum atomic E-state index is 13.6. The van der Waals surface area contributed by atoms with Crippen LogP contribution in [0.5, 0.6) is 0 Å². The molecule has 0 spiro atoms. The molecule has 0 bridgehead atoms. The van der Waals surface area contributed by atoms with Gasteiger partial charge in [0, 0.05) is 17.2 Å². The van der Waals surface area contributed by atoms with E-state index in [4.69, 9.17) is 8.94 Å². The molecule has 0 aliphatic heterocycles. The molecule has 4 rings (SSSR count). The lowest BCUT2D eigenvalue weighted by Gasteiger charge is -2.20. The zero-order valence-electron chi connectivity index (χ0n) is 16.8. The van der Waals surface area contributed by atoms with Gasteiger partial charge in [-0.25, -0.2) is 4.39 Å². The molecule has 0 radical (unpaired) electrons. The Kier molecular flexibility index (Phi) is 5.48. The Hall–Kier alpha value is -3.67. The van der Waals surface area contributed by atoms with Crippen molar-refractivity contribution < 1.29 is 18.1 Å². The van der Waals surface area contributed by atoms with E-state index in [2.05, 4.69) is 12.1 Å². The predicted molar refractivity (Wildman–Crippen MR) is 110 cm³/mol. The van der Waals surface area contributed by atoms with Crippen LogP contribution < -0.4 is 0 Å². The molecule has 2 heterocycles. The Labute approximate surface area is 173 Å². The molecule has 30 heavy (non-hydrogen) atoms. The highest BCUT2D eigenvalue weighted by Crippen LogP contribution is 2.24. The highest BCUT2D eigenvalue weighted by molar-refractivity contribution is 5.94. The fourth-order valence-corrected chi connectivity index (χ4v) is 3.21. The van der Waals surface area contributed by atoms with Gasteiger partial charge in [-0.3, -0.25) is 4.79 Å². The van der Waals surface area contributed by atoms with Crippen molar-refractivity contribution >= 4 is 5.91 Å². The van der Waals surface area contributed by atoms with Crippen LogP contribution in [-0.4, -0.2) is 16.0 Å². The number of halogens is 1. The third-order valence-corrected chi connectivity index (χ3v) is 4.99. The number of hydrogen-bond acceptors (Lipinski definition) is 4. The lowest BCUT2D eigenvalue weighted by atomic mass is 10.0. The molecule has 4 aromatic rings. The molecule has 1 amide bonds. The SMILES string of the molecule is Cc1ccc(-c2cc(CN(Cc3ccco3)C(=O)c3cccc(F)c3)no2)cc1C. The van der Waals surface area contributed by atoms with Crippen LogP contribution >= 0.6 is 0 Å². The van der Waals surface area contributed by atoms with Crippen LogP contribution in [0.25, 0.3) is 11.3 Å². The van der Waals surface area contributed by atoms with E-state index in [0.29, 0.717) is 17.2 Å². The van der Waals surface area contributed by atoms with E-state index in [1.807, 2.05) is 31.2 Å². The minimum absolute atomic E-state index is 0.199. The topological polar surface area (TPSA) is 59.5 Å². The van der Waals surface area contributed by atoms with E-state index < -0.39 is 5.82 Å². The Morgan fingerprint density at radius 1 is 1.00 bits per heavy atom. The fourth-order valence-electron chi connectivity index (χ4n) is 3.21. The van der Waals surface area contributed by atoms with Gasteiger partial charge in [0.2, 0.25) is 0 Å². The lowest BCUT2D eigenvalue weighted by Crippen LogP contribution is -2.30. The molecule has 152 valence electrons. The van der Waals surface area contributed by atoms with Crippen molar-refractivity contribution in [3.05, 3.63) is 101 Å². The molecule has 2 aromatic carbocycles. The number of carbonyl (C=O) groups excluding carboxylic acids is 1. The standard InChI is InChI=1S/C24H21FN2O3/c1-16-8-9-18(11-17(16)2)23-13-21(26-30-23)14-27(15-22-7-4-10-29-22)24(28)19-5-3-6-20(25)12-19/h3-13H,14-15H2,1-2H3. The summed E-state index contributed by atoms with van der Waals surface area (Å²) < 4.78 is 24.5. The molecule has 0 N–H and O–H groups in total. The van der Waals surface area contributed by atoms with Crippen LogP contribution in [0.15, 0.2) is 75.9 Å². The van der Waals surface area contributed by atoms with Gasteiger partial charge in [0.05, 0.1) is 19.4 Å². The summed E-state index contributed by atoms with van der Waals surface area (Å²) in [5.41, 5.74) is 4.14. The van der Waals surface area contributed by atoms with Crippen molar-refractivity contribution in [1.82, 2.24) is 10.1 Å². The van der Waals surface area contributed by atoms with Gasteiger partial charge in [-0.05, 0) is 61.4 Å². The van der Waals surface area contributed by atoms with Crippen LogP contribution in [0.4, 0.5) is 4.39 Å². The number of furan rings is 1. The van der Waals surface area contributed by atoms with Crippen molar-refractivity contribution in [3.8, 4) is 11.3 Å². The van der Waals surface area contributed by atoms with Gasteiger partial charge >= 0.3 is 0 Å². The molecule has 5 nitrogen and oxygen atoms in total. The number of nitrogens with zero attached hydrogens (tertiary/aromatic N) is 2. The smallest absolute Gasteiger partial charge is 0.254 e. The maximum absolute atomic E-state index is 13.6. The van der Waals surface area contributed by atoms with E-state index in [-0.39, 0.29) is 24.6 Å². The minimum atomic E-state index is -0.461. The van der Waals surface area contributed by atoms with E-state index in [1.54, 1.807) is 29.4 Å². The first-order valence-electron chi connectivity index (χ1n) is 9.60. The summed E-state index contributed by atoms with van der Waals surface area (Å²) in [6, 6.07) is 17.0. The number of amides is 1. The molecule has 0 aliphatic carbocycles. The highest BCUT2D eigenvalue weighted by atomic mass is 19.1. The second-order valence-corrected chi connectivity index (χ2v) is 7.23. The van der Waals surface area contributed by atoms with Crippen LogP contribution in [0.1, 0.15) is 32.9 Å². The summed E-state index contributed by atoms with van der Waals surface area (Å²) >= 11 is 0. The van der Waals surface area contributed by atoms with Gasteiger partial charge in [-0.15, -0.1) is 0 Å². The minimum Gasteiger partial charge on any atom is -0.467 e. The van der Waals surface area contributed by atoms with Gasteiger partial charge in [-0.1, -0.05) is 23.4 Å². The first-order chi connectivity index (χ1) is 14.5. The van der Waals surface area contributed by atoms with Crippen LogP contribution in [0.2, 0.25) is 0 Å². The number of carbonyl (C=O) groups is 1. The zero-order chi connectivity index (χ0) is 21.1. The molecular formula is C24H21FN2O3. The molecule has 0 unspecified atom stereocenters. The van der Waals surface area contributed by atoms with Crippen molar-refractivity contribution in [2.45, 2.75) is 26.9 Å². The summed E-state index contributed by atoms with van der Waals surface area (Å²) in [5.74, 6) is 0.473. The molecule has 6 heteroatoms. The second-order valence-electron chi connectivity index (χ2n) is 7.23. The van der Waals surface area contributed by atoms with E-state index in [1.165, 1.54) is 23.8 Å². The monoisotopic (exact) mass is 404 g/mol. The summed E-state index contributed by atoms with van der Waals surface area (Å²) in [6.45, 7) is 4.52. The van der Waals surface area contributed by atoms with Crippen molar-refractivity contribution in [2.75, 3.05) is 0 Å². The number of rotatable bonds is 6. The summed E-state index contributed by atoms with van der Waals surface area (Å²) in [6.07, 6.45) is 1.55. The van der Waals surface area contributed by atoms with E-state index >= 15 is 0 Å². The van der Waals surface area contributed by atoms with E-state index in [9.17, 15) is 9.18 Å². The second kappa shape index (κ2) is 8.37. The number of aryl methyl sites for hydroxylation is 2. The van der Waals surface area contributed by atoms with Gasteiger partial charge in [0.15, 0.2) is 5.76 Å². The molecule has 0 aliphatic rings. The van der Waals surface area contributed by atoms with Gasteiger partial charge in [0.25, 0.3) is 5.91 Å². The highest BCUT2D eigenvalue weighted by Gasteiger charge is 2.20. The zero-order valence-corrected chi connectivity index (χ0v) is 16.8. The van der Waals surface area contributed by atoms with Crippen molar-refractivity contribution in [2.24, 2.45) is 0 Å². The number of aromatic nitrogens is 1. The molecule has 0 atom stereocenters. The largest absolute Gasteiger partial charge is 0.467 e. The molecule has 0 fully saturated rings. The quantitative estimate of drug-likeness (QED) is 0.424. The normalized spacial score (nSPS) is 10.9. The van der Waals surface area contributed by atoms with E-state index in [0.717, 1.165) is 11.1 Å². The Morgan fingerprint density at radius 3 is 2.60 bits per heavy atom. The third kappa shape index (κ3) is 4.33. The average Bonchev–Trinajstić information content (AvgIpc) is 3.41. The Morgan fingerprint density at radius 2 is 1.87 bits per heavy atom. The fraction of sp³-hybridized carbons (Fsp3) is 0.167. The third-order valence-electron chi connectivity index (χ3n) is 4.99. The molecule has 0 saturated heterocycles. The molecule has 0 saturated carbocycles. The number of hydrogen-bond donors (Lipinski definition) is 0. The van der Waals surface area contributed by atoms with Crippen molar-refractivity contribution in [3.63, 3.8) is 0 Å². The van der Waals surface area contributed by atoms with Crippen molar-refractivity contribution in [1.29, 1.82) is 0 Å². The first kappa shape index (κ1) is 19.6. The van der Waals surface area contributed by atoms with Crippen LogP contribution in [0, 0.1) is 19.7 Å². The lowest BCUT2D eigenvalue weighted by molar-refractivity contribution is 0.0713. The predicted octanol–water partition coefficient (Wildman–Crippen LogP) is 5.53. The summed E-state index contributed by atoms with van der Waals surface area (Å²) in [7, 11) is 0. The molecule has 2 aromatic heterocycles. The number of benzene rings is 2. The van der Waals surface area contributed by atoms with Crippen LogP contribution in [-0.2, 0) is 13.1 Å². The first-order valence-corrected chi connectivity index (χ1v) is 9.60. The average molecular weight is 404 g/mol. The Balaban J connectivity index is 1.59. The van der Waals surface area contributed by atoms with Gasteiger partial charge in [0.1, 0.15) is 17.3 Å². The summed E-state index contributed by atoms with van der Waals surface area (Å²) in [4.78, 5) is 14.6.